The average molecular weight is 326 g/mol. The number of aromatic nitrogens is 2. The molecule has 0 aliphatic carbocycles. The van der Waals surface area contributed by atoms with Crippen LogP contribution < -0.4 is 10.6 Å². The fraction of sp³-hybridized carbons (Fsp3) is 0.111. The molecule has 0 fully saturated rings. The number of para-hydroxylation sites is 1. The Morgan fingerprint density at radius 2 is 1.54 bits per heavy atom. The van der Waals surface area contributed by atoms with E-state index in [1.807, 2.05) is 30.3 Å². The van der Waals surface area contributed by atoms with Crippen LogP contribution in [0.3, 0.4) is 0 Å². The van der Waals surface area contributed by atoms with E-state index in [1.165, 1.54) is 18.2 Å². The molecule has 0 unspecified atom stereocenters. The molecule has 122 valence electrons. The van der Waals surface area contributed by atoms with Crippen LogP contribution in [0.15, 0.2) is 54.6 Å². The van der Waals surface area contributed by atoms with Gasteiger partial charge in [0, 0.05) is 12.6 Å². The van der Waals surface area contributed by atoms with E-state index in [9.17, 15) is 8.78 Å². The maximum Gasteiger partial charge on any atom is 0.149 e. The monoisotopic (exact) mass is 326 g/mol. The fourth-order valence-electron chi connectivity index (χ4n) is 2.26. The van der Waals surface area contributed by atoms with Crippen molar-refractivity contribution in [2.75, 3.05) is 10.6 Å². The van der Waals surface area contributed by atoms with Crippen molar-refractivity contribution in [3.8, 4) is 0 Å². The number of hydrogen-bond donors (Lipinski definition) is 2. The third kappa shape index (κ3) is 3.84. The van der Waals surface area contributed by atoms with E-state index >= 15 is 0 Å². The second kappa shape index (κ2) is 7.04. The van der Waals surface area contributed by atoms with E-state index in [1.54, 1.807) is 13.0 Å². The fourth-order valence-corrected chi connectivity index (χ4v) is 2.26. The molecule has 1 heterocycles. The standard InChI is InChI=1S/C18H16F2N4/c1-12-22-16(21-11-13-6-3-2-4-7-13)10-17(23-12)24-18-14(19)8-5-9-15(18)20/h2-10H,11H2,1H3,(H2,21,22,23,24). The molecule has 0 amide bonds. The summed E-state index contributed by atoms with van der Waals surface area (Å²) < 4.78 is 27.5. The molecule has 0 bridgehead atoms. The quantitative estimate of drug-likeness (QED) is 0.729. The van der Waals surface area contributed by atoms with Crippen molar-refractivity contribution < 1.29 is 8.78 Å². The van der Waals surface area contributed by atoms with Gasteiger partial charge in [-0.1, -0.05) is 36.4 Å². The summed E-state index contributed by atoms with van der Waals surface area (Å²) >= 11 is 0. The maximum absolute atomic E-state index is 13.7. The summed E-state index contributed by atoms with van der Waals surface area (Å²) in [5.41, 5.74) is 0.869. The molecule has 6 heteroatoms. The van der Waals surface area contributed by atoms with Crippen LogP contribution in [0.5, 0.6) is 0 Å². The van der Waals surface area contributed by atoms with Crippen LogP contribution in [-0.4, -0.2) is 9.97 Å². The number of rotatable bonds is 5. The minimum atomic E-state index is -0.676. The van der Waals surface area contributed by atoms with Gasteiger partial charge >= 0.3 is 0 Å². The van der Waals surface area contributed by atoms with Gasteiger partial charge in [-0.25, -0.2) is 18.7 Å². The van der Waals surface area contributed by atoms with Crippen molar-refractivity contribution in [1.82, 2.24) is 9.97 Å². The number of hydrogen-bond acceptors (Lipinski definition) is 4. The molecule has 0 atom stereocenters. The Balaban J connectivity index is 1.79. The van der Waals surface area contributed by atoms with Gasteiger partial charge < -0.3 is 10.6 Å². The second-order valence-electron chi connectivity index (χ2n) is 5.25. The van der Waals surface area contributed by atoms with Gasteiger partial charge in [0.2, 0.25) is 0 Å². The normalized spacial score (nSPS) is 10.5. The zero-order chi connectivity index (χ0) is 16.9. The van der Waals surface area contributed by atoms with Gasteiger partial charge in [0.1, 0.15) is 34.8 Å². The molecule has 24 heavy (non-hydrogen) atoms. The largest absolute Gasteiger partial charge is 0.366 e. The summed E-state index contributed by atoms with van der Waals surface area (Å²) in [5, 5.41) is 5.86. The Bertz CT molecular complexity index is 817. The first-order chi connectivity index (χ1) is 11.6. The van der Waals surface area contributed by atoms with Crippen LogP contribution in [0.1, 0.15) is 11.4 Å². The zero-order valence-corrected chi connectivity index (χ0v) is 13.1. The maximum atomic E-state index is 13.7. The third-order valence-electron chi connectivity index (χ3n) is 3.37. The second-order valence-corrected chi connectivity index (χ2v) is 5.25. The highest BCUT2D eigenvalue weighted by molar-refractivity contribution is 5.60. The molecule has 3 rings (SSSR count). The molecule has 1 aromatic heterocycles. The lowest BCUT2D eigenvalue weighted by atomic mass is 10.2. The summed E-state index contributed by atoms with van der Waals surface area (Å²) in [4.78, 5) is 8.46. The number of halogens is 2. The number of nitrogens with zero attached hydrogens (tertiary/aromatic N) is 2. The van der Waals surface area contributed by atoms with Gasteiger partial charge in [-0.3, -0.25) is 0 Å². The van der Waals surface area contributed by atoms with Gasteiger partial charge in [0.15, 0.2) is 0 Å². The summed E-state index contributed by atoms with van der Waals surface area (Å²) in [7, 11) is 0. The van der Waals surface area contributed by atoms with Crippen LogP contribution in [0.25, 0.3) is 0 Å². The van der Waals surface area contributed by atoms with E-state index in [0.717, 1.165) is 5.56 Å². The lowest BCUT2D eigenvalue weighted by Crippen LogP contribution is -2.06. The minimum Gasteiger partial charge on any atom is -0.366 e. The van der Waals surface area contributed by atoms with Crippen molar-refractivity contribution in [3.63, 3.8) is 0 Å². The van der Waals surface area contributed by atoms with Crippen molar-refractivity contribution >= 4 is 17.3 Å². The lowest BCUT2D eigenvalue weighted by molar-refractivity contribution is 0.590. The number of anilines is 3. The number of aryl methyl sites for hydroxylation is 1. The summed E-state index contributed by atoms with van der Waals surface area (Å²) in [6.45, 7) is 2.31. The molecule has 2 aromatic carbocycles. The smallest absolute Gasteiger partial charge is 0.149 e. The van der Waals surface area contributed by atoms with E-state index in [-0.39, 0.29) is 5.69 Å². The first-order valence-corrected chi connectivity index (χ1v) is 7.46. The highest BCUT2D eigenvalue weighted by Gasteiger charge is 2.10. The Kier molecular flexibility index (Phi) is 4.65. The topological polar surface area (TPSA) is 49.8 Å². The zero-order valence-electron chi connectivity index (χ0n) is 13.1. The first-order valence-electron chi connectivity index (χ1n) is 7.46. The molecule has 0 spiro atoms. The van der Waals surface area contributed by atoms with Crippen molar-refractivity contribution in [1.29, 1.82) is 0 Å². The van der Waals surface area contributed by atoms with E-state index in [2.05, 4.69) is 20.6 Å². The van der Waals surface area contributed by atoms with Gasteiger partial charge in [-0.05, 0) is 24.6 Å². The van der Waals surface area contributed by atoms with Crippen LogP contribution >= 0.6 is 0 Å². The van der Waals surface area contributed by atoms with Crippen molar-refractivity contribution in [2.24, 2.45) is 0 Å². The molecule has 4 nitrogen and oxygen atoms in total. The summed E-state index contributed by atoms with van der Waals surface area (Å²) in [6, 6.07) is 15.2. The van der Waals surface area contributed by atoms with Gasteiger partial charge in [0.25, 0.3) is 0 Å². The minimum absolute atomic E-state index is 0.232. The molecule has 0 aliphatic heterocycles. The van der Waals surface area contributed by atoms with E-state index < -0.39 is 11.6 Å². The molecular weight excluding hydrogens is 310 g/mol. The van der Waals surface area contributed by atoms with Gasteiger partial charge in [-0.2, -0.15) is 0 Å². The Labute approximate surface area is 138 Å². The van der Waals surface area contributed by atoms with Gasteiger partial charge in [-0.15, -0.1) is 0 Å². The highest BCUT2D eigenvalue weighted by atomic mass is 19.1. The lowest BCUT2D eigenvalue weighted by Gasteiger charge is -2.11. The number of nitrogens with one attached hydrogen (secondary N) is 2. The molecule has 0 saturated heterocycles. The molecule has 0 radical (unpaired) electrons. The molecular formula is C18H16F2N4. The van der Waals surface area contributed by atoms with Crippen LogP contribution in [0, 0.1) is 18.6 Å². The molecule has 2 N–H and O–H groups in total. The molecule has 0 saturated carbocycles. The first kappa shape index (κ1) is 15.9. The highest BCUT2D eigenvalue weighted by Crippen LogP contribution is 2.23. The van der Waals surface area contributed by atoms with Crippen LogP contribution in [-0.2, 0) is 6.54 Å². The van der Waals surface area contributed by atoms with Gasteiger partial charge in [0.05, 0.1) is 0 Å². The Morgan fingerprint density at radius 1 is 0.875 bits per heavy atom. The Hall–Kier alpha value is -3.02. The number of benzene rings is 2. The Morgan fingerprint density at radius 3 is 2.25 bits per heavy atom. The average Bonchev–Trinajstić information content (AvgIpc) is 2.57. The summed E-state index contributed by atoms with van der Waals surface area (Å²) in [5.74, 6) is 0.0371. The summed E-state index contributed by atoms with van der Waals surface area (Å²) in [6.07, 6.45) is 0. The van der Waals surface area contributed by atoms with Crippen LogP contribution in [0.2, 0.25) is 0 Å². The van der Waals surface area contributed by atoms with E-state index in [0.29, 0.717) is 24.0 Å². The third-order valence-corrected chi connectivity index (χ3v) is 3.37. The predicted octanol–water partition coefficient (Wildman–Crippen LogP) is 4.42. The van der Waals surface area contributed by atoms with Crippen molar-refractivity contribution in [3.05, 3.63) is 77.6 Å². The molecule has 3 aromatic rings. The SMILES string of the molecule is Cc1nc(NCc2ccccc2)cc(Nc2c(F)cccc2F)n1. The predicted molar refractivity (Wildman–Crippen MR) is 90.2 cm³/mol. The van der Waals surface area contributed by atoms with Crippen molar-refractivity contribution in [2.45, 2.75) is 13.5 Å². The van der Waals surface area contributed by atoms with E-state index in [4.69, 9.17) is 0 Å². The molecule has 0 aliphatic rings. The van der Waals surface area contributed by atoms with Crippen LogP contribution in [0.4, 0.5) is 26.1 Å².